The van der Waals surface area contributed by atoms with E-state index in [0.29, 0.717) is 0 Å². The summed E-state index contributed by atoms with van der Waals surface area (Å²) >= 11 is 0. The van der Waals surface area contributed by atoms with Crippen LogP contribution in [0.15, 0.2) is 0 Å². The molecule has 0 spiro atoms. The minimum atomic E-state index is 0.148. The van der Waals surface area contributed by atoms with Crippen molar-refractivity contribution in [2.45, 2.75) is 25.8 Å². The van der Waals surface area contributed by atoms with Crippen molar-refractivity contribution in [3.63, 3.8) is 0 Å². The van der Waals surface area contributed by atoms with Gasteiger partial charge in [-0.3, -0.25) is 0 Å². The maximum Gasteiger partial charge on any atom is 0.136 e. The van der Waals surface area contributed by atoms with Gasteiger partial charge in [0, 0.05) is 0 Å². The topological polar surface area (TPSA) is 29.1 Å². The van der Waals surface area contributed by atoms with Crippen LogP contribution in [0.25, 0.3) is 0 Å². The van der Waals surface area contributed by atoms with Crippen LogP contribution in [0.5, 0.6) is 0 Å². The minimum absolute atomic E-state index is 0.148. The molecule has 2 nitrogen and oxygen atoms in total. The first-order chi connectivity index (χ1) is 4.36. The molecule has 1 rings (SSSR count). The van der Waals surface area contributed by atoms with E-state index in [2.05, 4.69) is 12.2 Å². The van der Waals surface area contributed by atoms with Crippen molar-refractivity contribution in [1.82, 2.24) is 5.32 Å². The average Bonchev–Trinajstić information content (AvgIpc) is 2.34. The Balaban J connectivity index is 2.28. The van der Waals surface area contributed by atoms with Crippen LogP contribution in [0.4, 0.5) is 0 Å². The van der Waals surface area contributed by atoms with Crippen LogP contribution in [-0.2, 0) is 4.79 Å². The summed E-state index contributed by atoms with van der Waals surface area (Å²) in [6.07, 6.45) is 3.24. The summed E-state index contributed by atoms with van der Waals surface area (Å²) in [5.74, 6) is 0.736. The van der Waals surface area contributed by atoms with E-state index < -0.39 is 0 Å². The molecule has 0 aromatic carbocycles. The van der Waals surface area contributed by atoms with E-state index in [-0.39, 0.29) is 6.04 Å². The molecule has 1 N–H and O–H groups in total. The Hall–Kier alpha value is -0.370. The SMILES string of the molecule is CC[C@@H]1CN[C@H](C=O)C1. The summed E-state index contributed by atoms with van der Waals surface area (Å²) in [6, 6.07) is 0.148. The van der Waals surface area contributed by atoms with Gasteiger partial charge in [0.05, 0.1) is 6.04 Å². The van der Waals surface area contributed by atoms with E-state index in [1.807, 2.05) is 0 Å². The van der Waals surface area contributed by atoms with E-state index in [0.717, 1.165) is 25.2 Å². The molecule has 1 aliphatic rings. The highest BCUT2D eigenvalue weighted by Gasteiger charge is 2.21. The highest BCUT2D eigenvalue weighted by Crippen LogP contribution is 2.14. The Morgan fingerprint density at radius 3 is 2.89 bits per heavy atom. The normalized spacial score (nSPS) is 34.8. The number of rotatable bonds is 2. The average molecular weight is 127 g/mol. The largest absolute Gasteiger partial charge is 0.307 e. The second kappa shape index (κ2) is 2.97. The molecule has 2 heteroatoms. The molecule has 52 valence electrons. The van der Waals surface area contributed by atoms with Gasteiger partial charge in [-0.15, -0.1) is 0 Å². The summed E-state index contributed by atoms with van der Waals surface area (Å²) in [5.41, 5.74) is 0. The summed E-state index contributed by atoms with van der Waals surface area (Å²) in [7, 11) is 0. The first kappa shape index (κ1) is 6.75. The zero-order valence-corrected chi connectivity index (χ0v) is 5.76. The fraction of sp³-hybridized carbons (Fsp3) is 0.857. The Kier molecular flexibility index (Phi) is 2.22. The minimum Gasteiger partial charge on any atom is -0.307 e. The monoisotopic (exact) mass is 127 g/mol. The van der Waals surface area contributed by atoms with Gasteiger partial charge < -0.3 is 10.1 Å². The molecule has 0 aromatic rings. The summed E-state index contributed by atoms with van der Waals surface area (Å²) < 4.78 is 0. The van der Waals surface area contributed by atoms with Gasteiger partial charge in [0.1, 0.15) is 6.29 Å². The molecule has 0 bridgehead atoms. The van der Waals surface area contributed by atoms with Crippen molar-refractivity contribution < 1.29 is 4.79 Å². The third kappa shape index (κ3) is 1.52. The van der Waals surface area contributed by atoms with Gasteiger partial charge in [-0.2, -0.15) is 0 Å². The van der Waals surface area contributed by atoms with Crippen molar-refractivity contribution in [1.29, 1.82) is 0 Å². The quantitative estimate of drug-likeness (QED) is 0.549. The molecule has 1 fully saturated rings. The maximum absolute atomic E-state index is 10.2. The van der Waals surface area contributed by atoms with Crippen LogP contribution in [0.3, 0.4) is 0 Å². The third-order valence-electron chi connectivity index (χ3n) is 2.00. The Morgan fingerprint density at radius 1 is 1.78 bits per heavy atom. The van der Waals surface area contributed by atoms with Gasteiger partial charge in [-0.25, -0.2) is 0 Å². The smallest absolute Gasteiger partial charge is 0.136 e. The van der Waals surface area contributed by atoms with Crippen LogP contribution in [0.2, 0.25) is 0 Å². The van der Waals surface area contributed by atoms with Gasteiger partial charge in [0.15, 0.2) is 0 Å². The Morgan fingerprint density at radius 2 is 2.56 bits per heavy atom. The van der Waals surface area contributed by atoms with Crippen LogP contribution in [0, 0.1) is 5.92 Å². The second-order valence-electron chi connectivity index (χ2n) is 2.66. The van der Waals surface area contributed by atoms with E-state index >= 15 is 0 Å². The van der Waals surface area contributed by atoms with Gasteiger partial charge in [-0.05, 0) is 18.9 Å². The molecule has 9 heavy (non-hydrogen) atoms. The first-order valence-electron chi connectivity index (χ1n) is 3.55. The maximum atomic E-state index is 10.2. The molecule has 0 aromatic heterocycles. The standard InChI is InChI=1S/C7H13NO/c1-2-6-3-7(5-9)8-4-6/h5-8H,2-4H2,1H3/t6-,7-/m0/s1. The lowest BCUT2D eigenvalue weighted by Crippen LogP contribution is -2.22. The highest BCUT2D eigenvalue weighted by atomic mass is 16.1. The zero-order valence-electron chi connectivity index (χ0n) is 5.76. The van der Waals surface area contributed by atoms with Crippen molar-refractivity contribution in [3.8, 4) is 0 Å². The van der Waals surface area contributed by atoms with Gasteiger partial charge in [-0.1, -0.05) is 13.3 Å². The van der Waals surface area contributed by atoms with Crippen molar-refractivity contribution in [2.75, 3.05) is 6.54 Å². The van der Waals surface area contributed by atoms with Crippen LogP contribution >= 0.6 is 0 Å². The first-order valence-corrected chi connectivity index (χ1v) is 3.55. The molecule has 0 amide bonds. The Bertz CT molecular complexity index is 103. The van der Waals surface area contributed by atoms with E-state index in [4.69, 9.17) is 0 Å². The van der Waals surface area contributed by atoms with Crippen molar-refractivity contribution >= 4 is 6.29 Å². The number of nitrogens with one attached hydrogen (secondary N) is 1. The van der Waals surface area contributed by atoms with Crippen molar-refractivity contribution in [3.05, 3.63) is 0 Å². The predicted molar refractivity (Wildman–Crippen MR) is 36.3 cm³/mol. The molecular weight excluding hydrogens is 114 g/mol. The second-order valence-corrected chi connectivity index (χ2v) is 2.66. The number of aldehydes is 1. The van der Waals surface area contributed by atoms with E-state index in [1.54, 1.807) is 0 Å². The molecule has 1 heterocycles. The summed E-state index contributed by atoms with van der Waals surface area (Å²) in [4.78, 5) is 10.2. The number of hydrogen-bond donors (Lipinski definition) is 1. The molecule has 1 aliphatic heterocycles. The Labute approximate surface area is 55.6 Å². The lowest BCUT2D eigenvalue weighted by molar-refractivity contribution is -0.109. The lowest BCUT2D eigenvalue weighted by atomic mass is 10.0. The van der Waals surface area contributed by atoms with Gasteiger partial charge in [0.25, 0.3) is 0 Å². The highest BCUT2D eigenvalue weighted by molar-refractivity contribution is 5.58. The van der Waals surface area contributed by atoms with Crippen LogP contribution in [0.1, 0.15) is 19.8 Å². The third-order valence-corrected chi connectivity index (χ3v) is 2.00. The number of carbonyl (C=O) groups is 1. The molecule has 0 radical (unpaired) electrons. The fourth-order valence-corrected chi connectivity index (χ4v) is 1.26. The zero-order chi connectivity index (χ0) is 6.69. The van der Waals surface area contributed by atoms with Crippen LogP contribution < -0.4 is 5.32 Å². The molecular formula is C7H13NO. The predicted octanol–water partition coefficient (Wildman–Crippen LogP) is 0.573. The lowest BCUT2D eigenvalue weighted by Gasteiger charge is -1.99. The van der Waals surface area contributed by atoms with Gasteiger partial charge in [0.2, 0.25) is 0 Å². The fourth-order valence-electron chi connectivity index (χ4n) is 1.26. The number of carbonyl (C=O) groups excluding carboxylic acids is 1. The summed E-state index contributed by atoms with van der Waals surface area (Å²) in [6.45, 7) is 3.19. The summed E-state index contributed by atoms with van der Waals surface area (Å²) in [5, 5.41) is 3.14. The molecule has 0 saturated carbocycles. The number of hydrogen-bond acceptors (Lipinski definition) is 2. The van der Waals surface area contributed by atoms with E-state index in [9.17, 15) is 4.79 Å². The molecule has 0 unspecified atom stereocenters. The van der Waals surface area contributed by atoms with Gasteiger partial charge >= 0.3 is 0 Å². The molecule has 2 atom stereocenters. The molecule has 0 aliphatic carbocycles. The van der Waals surface area contributed by atoms with Crippen LogP contribution in [-0.4, -0.2) is 18.9 Å². The van der Waals surface area contributed by atoms with Crippen molar-refractivity contribution in [2.24, 2.45) is 5.92 Å². The molecule has 1 saturated heterocycles. The van der Waals surface area contributed by atoms with E-state index in [1.165, 1.54) is 6.42 Å².